The van der Waals surface area contributed by atoms with Gasteiger partial charge in [0.05, 0.1) is 17.2 Å². The van der Waals surface area contributed by atoms with E-state index in [1.165, 1.54) is 12.1 Å². The number of hydrogen-bond acceptors (Lipinski definition) is 6. The lowest BCUT2D eigenvalue weighted by Crippen LogP contribution is -2.17. The van der Waals surface area contributed by atoms with Crippen molar-refractivity contribution >= 4 is 11.9 Å². The van der Waals surface area contributed by atoms with Crippen molar-refractivity contribution in [2.45, 2.75) is 6.10 Å². The maximum Gasteiger partial charge on any atom is 0.343 e. The topological polar surface area (TPSA) is 84.9 Å². The Morgan fingerprint density at radius 3 is 1.86 bits per heavy atom. The summed E-state index contributed by atoms with van der Waals surface area (Å²) < 4.78 is 10.9. The van der Waals surface area contributed by atoms with Crippen molar-refractivity contribution in [2.75, 3.05) is 13.6 Å². The number of aliphatic hydroxyl groups is 1. The van der Waals surface area contributed by atoms with Gasteiger partial charge >= 0.3 is 11.9 Å². The number of nitrogens with one attached hydrogen (secondary N) is 1. The Morgan fingerprint density at radius 2 is 1.34 bits per heavy atom. The van der Waals surface area contributed by atoms with Crippen LogP contribution in [-0.2, 0) is 0 Å². The van der Waals surface area contributed by atoms with Gasteiger partial charge in [-0.1, -0.05) is 42.5 Å². The largest absolute Gasteiger partial charge is 0.419 e. The zero-order valence-corrected chi connectivity index (χ0v) is 15.9. The number of carbonyl (C=O) groups is 2. The predicted octanol–water partition coefficient (Wildman–Crippen LogP) is 3.38. The summed E-state index contributed by atoms with van der Waals surface area (Å²) >= 11 is 0. The van der Waals surface area contributed by atoms with Crippen molar-refractivity contribution in [3.8, 4) is 11.5 Å². The second kappa shape index (κ2) is 9.64. The average Bonchev–Trinajstić information content (AvgIpc) is 2.76. The smallest absolute Gasteiger partial charge is 0.343 e. The Hall–Kier alpha value is -3.48. The van der Waals surface area contributed by atoms with Crippen molar-refractivity contribution in [1.29, 1.82) is 0 Å². The Kier molecular flexibility index (Phi) is 6.73. The van der Waals surface area contributed by atoms with E-state index in [1.807, 2.05) is 0 Å². The van der Waals surface area contributed by atoms with Gasteiger partial charge in [-0.2, -0.15) is 0 Å². The number of benzene rings is 3. The molecule has 3 rings (SSSR count). The van der Waals surface area contributed by atoms with Gasteiger partial charge in [0.1, 0.15) is 0 Å². The lowest BCUT2D eigenvalue weighted by molar-refractivity contribution is 0.0681. The van der Waals surface area contributed by atoms with Crippen LogP contribution in [0.2, 0.25) is 0 Å². The third-order valence-electron chi connectivity index (χ3n) is 4.17. The Morgan fingerprint density at radius 1 is 0.828 bits per heavy atom. The molecule has 0 saturated heterocycles. The van der Waals surface area contributed by atoms with E-state index in [0.717, 1.165) is 0 Å². The molecule has 6 nitrogen and oxygen atoms in total. The van der Waals surface area contributed by atoms with Crippen molar-refractivity contribution in [1.82, 2.24) is 5.32 Å². The second-order valence-corrected chi connectivity index (χ2v) is 6.29. The van der Waals surface area contributed by atoms with Crippen LogP contribution in [0.25, 0.3) is 0 Å². The molecular weight excluding hydrogens is 370 g/mol. The normalized spacial score (nSPS) is 11.5. The first kappa shape index (κ1) is 20.3. The second-order valence-electron chi connectivity index (χ2n) is 6.29. The molecule has 0 aromatic heterocycles. The van der Waals surface area contributed by atoms with E-state index >= 15 is 0 Å². The van der Waals surface area contributed by atoms with Gasteiger partial charge in [-0.25, -0.2) is 9.59 Å². The summed E-state index contributed by atoms with van der Waals surface area (Å²) in [4.78, 5) is 24.9. The summed E-state index contributed by atoms with van der Waals surface area (Å²) in [5, 5.41) is 13.1. The molecule has 2 N–H and O–H groups in total. The van der Waals surface area contributed by atoms with E-state index in [2.05, 4.69) is 5.32 Å². The summed E-state index contributed by atoms with van der Waals surface area (Å²) in [6.07, 6.45) is -0.812. The first-order chi connectivity index (χ1) is 14.1. The summed E-state index contributed by atoms with van der Waals surface area (Å²) in [6.45, 7) is 0.315. The number of carbonyl (C=O) groups excluding carboxylic acids is 2. The van der Waals surface area contributed by atoms with E-state index in [0.29, 0.717) is 23.2 Å². The van der Waals surface area contributed by atoms with Gasteiger partial charge in [-0.15, -0.1) is 0 Å². The van der Waals surface area contributed by atoms with Gasteiger partial charge in [0.25, 0.3) is 0 Å². The minimum Gasteiger partial charge on any atom is -0.419 e. The molecule has 29 heavy (non-hydrogen) atoms. The van der Waals surface area contributed by atoms with Crippen LogP contribution < -0.4 is 14.8 Å². The minimum atomic E-state index is -0.812. The summed E-state index contributed by atoms with van der Waals surface area (Å²) in [7, 11) is 1.72. The molecule has 0 radical (unpaired) electrons. The van der Waals surface area contributed by atoms with E-state index in [4.69, 9.17) is 9.47 Å². The van der Waals surface area contributed by atoms with Crippen molar-refractivity contribution in [3.63, 3.8) is 0 Å². The van der Waals surface area contributed by atoms with Gasteiger partial charge in [-0.05, 0) is 49.0 Å². The number of rotatable bonds is 7. The van der Waals surface area contributed by atoms with Crippen LogP contribution in [0.4, 0.5) is 0 Å². The molecule has 0 aliphatic heterocycles. The molecule has 3 aromatic carbocycles. The Bertz CT molecular complexity index is 973. The van der Waals surface area contributed by atoms with E-state index in [-0.39, 0.29) is 11.5 Å². The van der Waals surface area contributed by atoms with Crippen molar-refractivity contribution in [3.05, 3.63) is 95.6 Å². The highest BCUT2D eigenvalue weighted by Gasteiger charge is 2.18. The quantitative estimate of drug-likeness (QED) is 0.474. The number of hydrogen-bond donors (Lipinski definition) is 2. The molecule has 0 spiro atoms. The molecule has 0 unspecified atom stereocenters. The van der Waals surface area contributed by atoms with Crippen molar-refractivity contribution in [2.24, 2.45) is 0 Å². The molecule has 1 atom stereocenters. The zero-order valence-electron chi connectivity index (χ0n) is 15.9. The molecule has 0 amide bonds. The monoisotopic (exact) mass is 391 g/mol. The SMILES string of the molecule is CNC[C@H](O)c1ccc(OC(=O)c2ccccc2)c(OC(=O)c2ccccc2)c1. The standard InChI is InChI=1S/C23H21NO5/c1-24-15-19(25)18-12-13-20(28-22(26)16-8-4-2-5-9-16)21(14-18)29-23(27)17-10-6-3-7-11-17/h2-14,19,24-25H,15H2,1H3/t19-/m0/s1. The van der Waals surface area contributed by atoms with Crippen molar-refractivity contribution < 1.29 is 24.2 Å². The molecular formula is C23H21NO5. The molecule has 0 saturated carbocycles. The molecule has 0 bridgehead atoms. The van der Waals surface area contributed by atoms with E-state index < -0.39 is 18.0 Å². The molecule has 148 valence electrons. The van der Waals surface area contributed by atoms with Gasteiger partial charge in [-0.3, -0.25) is 0 Å². The van der Waals surface area contributed by atoms with Gasteiger partial charge < -0.3 is 19.9 Å². The summed E-state index contributed by atoms with van der Waals surface area (Å²) in [5.74, 6) is -1.03. The lowest BCUT2D eigenvalue weighted by atomic mass is 10.1. The Labute approximate surface area is 168 Å². The maximum absolute atomic E-state index is 12.5. The third kappa shape index (κ3) is 5.28. The number of ether oxygens (including phenoxy) is 2. The fraction of sp³-hybridized carbons (Fsp3) is 0.130. The lowest BCUT2D eigenvalue weighted by Gasteiger charge is -2.15. The molecule has 3 aromatic rings. The fourth-order valence-corrected chi connectivity index (χ4v) is 2.67. The summed E-state index contributed by atoms with van der Waals surface area (Å²) in [5.41, 5.74) is 1.25. The van der Waals surface area contributed by atoms with Gasteiger partial charge in [0.2, 0.25) is 0 Å². The minimum absolute atomic E-state index is 0.0517. The van der Waals surface area contributed by atoms with Crippen LogP contribution in [-0.4, -0.2) is 30.6 Å². The highest BCUT2D eigenvalue weighted by molar-refractivity contribution is 5.93. The maximum atomic E-state index is 12.5. The predicted molar refractivity (Wildman–Crippen MR) is 108 cm³/mol. The van der Waals surface area contributed by atoms with Crippen LogP contribution in [0.15, 0.2) is 78.9 Å². The van der Waals surface area contributed by atoms with Crippen LogP contribution >= 0.6 is 0 Å². The molecule has 0 aliphatic carbocycles. The van der Waals surface area contributed by atoms with Crippen LogP contribution in [0, 0.1) is 0 Å². The summed E-state index contributed by atoms with van der Waals surface area (Å²) in [6, 6.07) is 21.6. The van der Waals surface area contributed by atoms with E-state index in [9.17, 15) is 14.7 Å². The highest BCUT2D eigenvalue weighted by Crippen LogP contribution is 2.32. The Balaban J connectivity index is 1.90. The number of aliphatic hydroxyl groups excluding tert-OH is 1. The third-order valence-corrected chi connectivity index (χ3v) is 4.17. The number of esters is 2. The first-order valence-electron chi connectivity index (χ1n) is 9.09. The average molecular weight is 391 g/mol. The molecule has 0 fully saturated rings. The molecule has 0 aliphatic rings. The number of likely N-dealkylation sites (N-methyl/N-ethyl adjacent to an activating group) is 1. The fourth-order valence-electron chi connectivity index (χ4n) is 2.67. The van der Waals surface area contributed by atoms with Gasteiger partial charge in [0, 0.05) is 6.54 Å². The van der Waals surface area contributed by atoms with Crippen LogP contribution in [0.1, 0.15) is 32.4 Å². The van der Waals surface area contributed by atoms with Gasteiger partial charge in [0.15, 0.2) is 11.5 Å². The van der Waals surface area contributed by atoms with E-state index in [1.54, 1.807) is 73.8 Å². The zero-order chi connectivity index (χ0) is 20.6. The molecule has 6 heteroatoms. The van der Waals surface area contributed by atoms with Crippen LogP contribution in [0.5, 0.6) is 11.5 Å². The van der Waals surface area contributed by atoms with Crippen LogP contribution in [0.3, 0.4) is 0 Å². The first-order valence-corrected chi connectivity index (χ1v) is 9.09. The highest BCUT2D eigenvalue weighted by atomic mass is 16.6. The molecule has 0 heterocycles.